The zero-order chi connectivity index (χ0) is 20.4. The third-order valence-corrected chi connectivity index (χ3v) is 6.36. The van der Waals surface area contributed by atoms with Gasteiger partial charge in [-0.3, -0.25) is 9.78 Å². The summed E-state index contributed by atoms with van der Waals surface area (Å²) in [5, 5.41) is 4.85. The van der Waals surface area contributed by atoms with Crippen LogP contribution in [-0.4, -0.2) is 16.4 Å². The number of nitrogens with zero attached hydrogens (tertiary/aromatic N) is 1. The van der Waals surface area contributed by atoms with Gasteiger partial charge in [-0.25, -0.2) is 4.39 Å². The number of nitrogens with one attached hydrogen (secondary N) is 1. The van der Waals surface area contributed by atoms with Gasteiger partial charge in [0.05, 0.1) is 11.1 Å². The molecule has 4 rings (SSSR count). The normalized spacial score (nSPS) is 21.1. The molecule has 158 valence electrons. The third kappa shape index (κ3) is 4.32. The van der Waals surface area contributed by atoms with Crippen LogP contribution in [0.1, 0.15) is 56.1 Å². The molecule has 0 atom stereocenters. The SMILES string of the molecule is CCC(=O)NC1(c2ccc(Cl)cc2)CCC(c2ccnc3ccc(F)cc23)CC1.O. The van der Waals surface area contributed by atoms with E-state index in [9.17, 15) is 9.18 Å². The number of amides is 1. The third-order valence-electron chi connectivity index (χ3n) is 6.11. The summed E-state index contributed by atoms with van der Waals surface area (Å²) in [6.45, 7) is 1.87. The summed E-state index contributed by atoms with van der Waals surface area (Å²) in [4.78, 5) is 16.7. The highest BCUT2D eigenvalue weighted by Crippen LogP contribution is 2.45. The lowest BCUT2D eigenvalue weighted by molar-refractivity contribution is -0.123. The highest BCUT2D eigenvalue weighted by molar-refractivity contribution is 6.30. The van der Waals surface area contributed by atoms with E-state index in [-0.39, 0.29) is 22.7 Å². The fraction of sp³-hybridized carbons (Fsp3) is 0.333. The van der Waals surface area contributed by atoms with Crippen LogP contribution in [0, 0.1) is 5.82 Å². The Balaban J connectivity index is 0.00000256. The Labute approximate surface area is 180 Å². The zero-order valence-corrected chi connectivity index (χ0v) is 17.7. The highest BCUT2D eigenvalue weighted by atomic mass is 35.5. The number of halogens is 2. The average molecular weight is 429 g/mol. The number of carbonyl (C=O) groups excluding carboxylic acids is 1. The number of hydrogen-bond donors (Lipinski definition) is 1. The van der Waals surface area contributed by atoms with Crippen LogP contribution < -0.4 is 5.32 Å². The summed E-state index contributed by atoms with van der Waals surface area (Å²) in [5.74, 6) is 0.115. The van der Waals surface area contributed by atoms with Crippen LogP contribution in [0.2, 0.25) is 5.02 Å². The second-order valence-electron chi connectivity index (χ2n) is 7.83. The lowest BCUT2D eigenvalue weighted by Crippen LogP contribution is -2.47. The predicted molar refractivity (Wildman–Crippen MR) is 118 cm³/mol. The fourth-order valence-electron chi connectivity index (χ4n) is 4.53. The van der Waals surface area contributed by atoms with Crippen molar-refractivity contribution in [3.8, 4) is 0 Å². The van der Waals surface area contributed by atoms with Gasteiger partial charge in [0, 0.05) is 23.0 Å². The first-order valence-electron chi connectivity index (χ1n) is 10.1. The summed E-state index contributed by atoms with van der Waals surface area (Å²) in [6, 6.07) is 14.5. The van der Waals surface area contributed by atoms with Crippen molar-refractivity contribution >= 4 is 28.4 Å². The van der Waals surface area contributed by atoms with E-state index >= 15 is 0 Å². The van der Waals surface area contributed by atoms with Crippen molar-refractivity contribution < 1.29 is 14.7 Å². The van der Waals surface area contributed by atoms with Crippen LogP contribution in [0.25, 0.3) is 10.9 Å². The molecule has 0 spiro atoms. The maximum absolute atomic E-state index is 13.9. The zero-order valence-electron chi connectivity index (χ0n) is 16.9. The summed E-state index contributed by atoms with van der Waals surface area (Å²) in [5.41, 5.74) is 2.66. The quantitative estimate of drug-likeness (QED) is 0.613. The maximum Gasteiger partial charge on any atom is 0.220 e. The predicted octanol–water partition coefficient (Wildman–Crippen LogP) is 5.28. The standard InChI is InChI=1S/C24H24ClFN2O.H2O/c1-2-23(29)28-24(17-3-5-18(25)6-4-17)12-9-16(10-13-24)20-11-14-27-22-8-7-19(26)15-21(20)22;/h3-8,11,14-16H,2,9-10,12-13H2,1H3,(H,28,29);1H2. The molecule has 30 heavy (non-hydrogen) atoms. The van der Waals surface area contributed by atoms with E-state index in [1.165, 1.54) is 6.07 Å². The molecule has 4 nitrogen and oxygen atoms in total. The van der Waals surface area contributed by atoms with Gasteiger partial charge in [0.1, 0.15) is 5.82 Å². The molecule has 2 aromatic carbocycles. The van der Waals surface area contributed by atoms with E-state index < -0.39 is 0 Å². The van der Waals surface area contributed by atoms with Crippen LogP contribution in [0.4, 0.5) is 4.39 Å². The minimum absolute atomic E-state index is 0. The molecule has 1 aliphatic rings. The van der Waals surface area contributed by atoms with Crippen molar-refractivity contribution in [3.05, 3.63) is 76.7 Å². The van der Waals surface area contributed by atoms with Gasteiger partial charge >= 0.3 is 0 Å². The molecule has 3 N–H and O–H groups in total. The van der Waals surface area contributed by atoms with Crippen LogP contribution in [0.5, 0.6) is 0 Å². The van der Waals surface area contributed by atoms with Crippen LogP contribution >= 0.6 is 11.6 Å². The van der Waals surface area contributed by atoms with Gasteiger partial charge in [-0.05, 0) is 79.1 Å². The van der Waals surface area contributed by atoms with Gasteiger partial charge in [0.15, 0.2) is 0 Å². The Morgan fingerprint density at radius 1 is 1.17 bits per heavy atom. The molecular formula is C24H26ClFN2O2. The van der Waals surface area contributed by atoms with Crippen LogP contribution in [-0.2, 0) is 10.3 Å². The molecule has 1 saturated carbocycles. The second kappa shape index (κ2) is 9.11. The Morgan fingerprint density at radius 3 is 2.53 bits per heavy atom. The van der Waals surface area contributed by atoms with E-state index in [4.69, 9.17) is 11.6 Å². The molecule has 1 aliphatic carbocycles. The van der Waals surface area contributed by atoms with Crippen molar-refractivity contribution in [2.24, 2.45) is 0 Å². The number of rotatable bonds is 4. The van der Waals surface area contributed by atoms with Crippen molar-refractivity contribution in [3.63, 3.8) is 0 Å². The molecular weight excluding hydrogens is 403 g/mol. The Hall–Kier alpha value is -2.50. The van der Waals surface area contributed by atoms with E-state index in [0.29, 0.717) is 17.4 Å². The number of fused-ring (bicyclic) bond motifs is 1. The minimum atomic E-state index is -0.387. The fourth-order valence-corrected chi connectivity index (χ4v) is 4.65. The first kappa shape index (κ1) is 22.2. The smallest absolute Gasteiger partial charge is 0.220 e. The summed E-state index contributed by atoms with van der Waals surface area (Å²) >= 11 is 6.08. The first-order chi connectivity index (χ1) is 14.0. The van der Waals surface area contributed by atoms with Gasteiger partial charge in [-0.1, -0.05) is 30.7 Å². The van der Waals surface area contributed by atoms with Crippen molar-refractivity contribution in [1.29, 1.82) is 0 Å². The Bertz CT molecular complexity index is 1030. The number of benzene rings is 2. The molecule has 1 fully saturated rings. The summed E-state index contributed by atoms with van der Waals surface area (Å²) < 4.78 is 13.9. The van der Waals surface area contributed by atoms with E-state index in [2.05, 4.69) is 10.3 Å². The Kier molecular flexibility index (Phi) is 6.74. The van der Waals surface area contributed by atoms with Gasteiger partial charge in [-0.15, -0.1) is 0 Å². The highest BCUT2D eigenvalue weighted by Gasteiger charge is 2.38. The maximum atomic E-state index is 13.9. The molecule has 1 aromatic heterocycles. The first-order valence-corrected chi connectivity index (χ1v) is 10.5. The molecule has 3 aromatic rings. The van der Waals surface area contributed by atoms with Gasteiger partial charge in [0.25, 0.3) is 0 Å². The van der Waals surface area contributed by atoms with Gasteiger partial charge in [-0.2, -0.15) is 0 Å². The van der Waals surface area contributed by atoms with Gasteiger partial charge in [0.2, 0.25) is 5.91 Å². The molecule has 0 saturated heterocycles. The number of aromatic nitrogens is 1. The van der Waals surface area contributed by atoms with Gasteiger partial charge < -0.3 is 10.8 Å². The minimum Gasteiger partial charge on any atom is -0.412 e. The van der Waals surface area contributed by atoms with Crippen LogP contribution in [0.3, 0.4) is 0 Å². The molecule has 0 bridgehead atoms. The van der Waals surface area contributed by atoms with Crippen LogP contribution in [0.15, 0.2) is 54.7 Å². The van der Waals surface area contributed by atoms with E-state index in [0.717, 1.165) is 47.7 Å². The van der Waals surface area contributed by atoms with E-state index in [1.807, 2.05) is 37.3 Å². The number of hydrogen-bond acceptors (Lipinski definition) is 2. The molecule has 0 radical (unpaired) electrons. The lowest BCUT2D eigenvalue weighted by Gasteiger charge is -2.42. The monoisotopic (exact) mass is 428 g/mol. The summed E-state index contributed by atoms with van der Waals surface area (Å²) in [6.07, 6.45) is 5.71. The molecule has 0 unspecified atom stereocenters. The average Bonchev–Trinajstić information content (AvgIpc) is 2.74. The molecule has 1 heterocycles. The lowest BCUT2D eigenvalue weighted by atomic mass is 9.70. The van der Waals surface area contributed by atoms with Crippen molar-refractivity contribution in [2.75, 3.05) is 0 Å². The summed E-state index contributed by atoms with van der Waals surface area (Å²) in [7, 11) is 0. The van der Waals surface area contributed by atoms with E-state index in [1.54, 1.807) is 18.3 Å². The Morgan fingerprint density at radius 2 is 1.87 bits per heavy atom. The number of carbonyl (C=O) groups is 1. The number of pyridine rings is 1. The molecule has 1 amide bonds. The molecule has 0 aliphatic heterocycles. The molecule has 6 heteroatoms. The second-order valence-corrected chi connectivity index (χ2v) is 8.26. The van der Waals surface area contributed by atoms with Crippen molar-refractivity contribution in [1.82, 2.24) is 10.3 Å². The topological polar surface area (TPSA) is 73.5 Å². The van der Waals surface area contributed by atoms with Crippen molar-refractivity contribution in [2.45, 2.75) is 50.5 Å². The largest absolute Gasteiger partial charge is 0.412 e.